The van der Waals surface area contributed by atoms with E-state index in [1.54, 1.807) is 25.1 Å². The highest BCUT2D eigenvalue weighted by molar-refractivity contribution is 9.10. The average molecular weight is 521 g/mol. The standard InChI is InChI=1S/C26H34BrFN2O3/c1-17(2)14-29-25(32)18(3)30(15-19-9-7-8-10-22(19)28)24(31)16-33-23-12-11-20(13-21(23)27)26(4,5)6/h7-13,17-18H,14-16H2,1-6H3,(H,29,32)/t18-/m0/s1. The summed E-state index contributed by atoms with van der Waals surface area (Å²) < 4.78 is 20.8. The van der Waals surface area contributed by atoms with E-state index in [4.69, 9.17) is 4.74 Å². The van der Waals surface area contributed by atoms with Gasteiger partial charge in [0.1, 0.15) is 17.6 Å². The highest BCUT2D eigenvalue weighted by Crippen LogP contribution is 2.31. The second-order valence-corrected chi connectivity index (χ2v) is 10.5. The summed E-state index contributed by atoms with van der Waals surface area (Å²) in [5, 5.41) is 2.85. The lowest BCUT2D eigenvalue weighted by Gasteiger charge is -2.29. The van der Waals surface area contributed by atoms with Crippen LogP contribution in [0.5, 0.6) is 5.75 Å². The van der Waals surface area contributed by atoms with E-state index >= 15 is 0 Å². The Kier molecular flexibility index (Phi) is 9.46. The molecule has 7 heteroatoms. The number of nitrogens with zero attached hydrogens (tertiary/aromatic N) is 1. The highest BCUT2D eigenvalue weighted by Gasteiger charge is 2.27. The van der Waals surface area contributed by atoms with Gasteiger partial charge in [-0.1, -0.05) is 58.9 Å². The second-order valence-electron chi connectivity index (χ2n) is 9.61. The van der Waals surface area contributed by atoms with Crippen LogP contribution >= 0.6 is 15.9 Å². The lowest BCUT2D eigenvalue weighted by atomic mass is 9.87. The van der Waals surface area contributed by atoms with E-state index in [2.05, 4.69) is 42.0 Å². The summed E-state index contributed by atoms with van der Waals surface area (Å²) in [6.45, 7) is 12.2. The fourth-order valence-electron chi connectivity index (χ4n) is 3.15. The molecular formula is C26H34BrFN2O3. The summed E-state index contributed by atoms with van der Waals surface area (Å²) in [6.07, 6.45) is 0. The van der Waals surface area contributed by atoms with E-state index in [0.29, 0.717) is 17.9 Å². The maximum Gasteiger partial charge on any atom is 0.261 e. The number of carbonyl (C=O) groups is 2. The van der Waals surface area contributed by atoms with Crippen LogP contribution < -0.4 is 10.1 Å². The van der Waals surface area contributed by atoms with Crippen molar-refractivity contribution in [3.63, 3.8) is 0 Å². The van der Waals surface area contributed by atoms with E-state index in [1.165, 1.54) is 11.0 Å². The predicted octanol–water partition coefficient (Wildman–Crippen LogP) is 5.45. The predicted molar refractivity (Wildman–Crippen MR) is 133 cm³/mol. The molecule has 0 saturated heterocycles. The van der Waals surface area contributed by atoms with Crippen LogP contribution in [-0.2, 0) is 21.5 Å². The molecule has 0 aromatic heterocycles. The number of rotatable bonds is 9. The molecule has 1 atom stereocenters. The second kappa shape index (κ2) is 11.6. The van der Waals surface area contributed by atoms with Gasteiger partial charge in [0.05, 0.1) is 4.47 Å². The Hall–Kier alpha value is -2.41. The van der Waals surface area contributed by atoms with Crippen molar-refractivity contribution in [1.29, 1.82) is 0 Å². The zero-order valence-corrected chi connectivity index (χ0v) is 21.8. The minimum atomic E-state index is -0.786. The maximum atomic E-state index is 14.3. The molecule has 0 fully saturated rings. The van der Waals surface area contributed by atoms with Crippen LogP contribution in [0.1, 0.15) is 52.7 Å². The van der Waals surface area contributed by atoms with Crippen molar-refractivity contribution in [2.24, 2.45) is 5.92 Å². The van der Waals surface area contributed by atoms with Crippen LogP contribution in [0, 0.1) is 11.7 Å². The minimum absolute atomic E-state index is 0.0216. The van der Waals surface area contributed by atoms with Gasteiger partial charge in [-0.25, -0.2) is 4.39 Å². The third-order valence-corrected chi connectivity index (χ3v) is 5.92. The summed E-state index contributed by atoms with van der Waals surface area (Å²) in [6, 6.07) is 11.2. The smallest absolute Gasteiger partial charge is 0.261 e. The Morgan fingerprint density at radius 3 is 2.36 bits per heavy atom. The first-order valence-corrected chi connectivity index (χ1v) is 11.9. The number of halogens is 2. The van der Waals surface area contributed by atoms with Gasteiger partial charge in [-0.05, 0) is 57.9 Å². The molecular weight excluding hydrogens is 487 g/mol. The molecule has 0 saturated carbocycles. The Balaban J connectivity index is 2.19. The molecule has 180 valence electrons. The summed E-state index contributed by atoms with van der Waals surface area (Å²) in [5.74, 6) is -0.319. The molecule has 0 radical (unpaired) electrons. The van der Waals surface area contributed by atoms with Gasteiger partial charge in [0.15, 0.2) is 6.61 Å². The third-order valence-electron chi connectivity index (χ3n) is 5.30. The van der Waals surface area contributed by atoms with Gasteiger partial charge in [0, 0.05) is 18.7 Å². The van der Waals surface area contributed by atoms with E-state index in [1.807, 2.05) is 32.0 Å². The van der Waals surface area contributed by atoms with Gasteiger partial charge in [0.25, 0.3) is 5.91 Å². The number of hydrogen-bond donors (Lipinski definition) is 1. The van der Waals surface area contributed by atoms with Crippen molar-refractivity contribution in [3.8, 4) is 5.75 Å². The number of ether oxygens (including phenoxy) is 1. The molecule has 33 heavy (non-hydrogen) atoms. The molecule has 0 heterocycles. The molecule has 2 amide bonds. The van der Waals surface area contributed by atoms with E-state index < -0.39 is 17.8 Å². The van der Waals surface area contributed by atoms with Gasteiger partial charge in [-0.15, -0.1) is 0 Å². The quantitative estimate of drug-likeness (QED) is 0.477. The van der Waals surface area contributed by atoms with E-state index in [0.717, 1.165) is 10.0 Å². The Morgan fingerprint density at radius 1 is 1.12 bits per heavy atom. The van der Waals surface area contributed by atoms with Crippen LogP contribution in [0.15, 0.2) is 46.9 Å². The molecule has 0 aliphatic carbocycles. The van der Waals surface area contributed by atoms with Crippen LogP contribution in [0.3, 0.4) is 0 Å². The van der Waals surface area contributed by atoms with Crippen LogP contribution in [-0.4, -0.2) is 35.9 Å². The van der Waals surface area contributed by atoms with Crippen molar-refractivity contribution >= 4 is 27.7 Å². The number of carbonyl (C=O) groups excluding carboxylic acids is 2. The van der Waals surface area contributed by atoms with Crippen molar-refractivity contribution in [2.45, 2.75) is 59.5 Å². The summed E-state index contributed by atoms with van der Waals surface area (Å²) >= 11 is 3.51. The number of hydrogen-bond acceptors (Lipinski definition) is 3. The Labute approximate surface area is 204 Å². The van der Waals surface area contributed by atoms with Gasteiger partial charge in [0.2, 0.25) is 5.91 Å². The molecule has 5 nitrogen and oxygen atoms in total. The lowest BCUT2D eigenvalue weighted by Crippen LogP contribution is -2.49. The molecule has 0 unspecified atom stereocenters. The Bertz CT molecular complexity index is 972. The topological polar surface area (TPSA) is 58.6 Å². The normalized spacial score (nSPS) is 12.4. The molecule has 0 aliphatic heterocycles. The fourth-order valence-corrected chi connectivity index (χ4v) is 3.65. The highest BCUT2D eigenvalue weighted by atomic mass is 79.9. The maximum absolute atomic E-state index is 14.3. The first kappa shape index (κ1) is 26.8. The van der Waals surface area contributed by atoms with Crippen LogP contribution in [0.4, 0.5) is 4.39 Å². The van der Waals surface area contributed by atoms with Crippen molar-refractivity contribution in [3.05, 3.63) is 63.9 Å². The number of benzene rings is 2. The molecule has 0 bridgehead atoms. The zero-order chi connectivity index (χ0) is 24.8. The van der Waals surface area contributed by atoms with Gasteiger partial charge < -0.3 is 15.0 Å². The van der Waals surface area contributed by atoms with Gasteiger partial charge >= 0.3 is 0 Å². The number of nitrogens with one attached hydrogen (secondary N) is 1. The lowest BCUT2D eigenvalue weighted by molar-refractivity contribution is -0.142. The molecule has 1 N–H and O–H groups in total. The SMILES string of the molecule is CC(C)CNC(=O)[C@H](C)N(Cc1ccccc1F)C(=O)COc1ccc(C(C)(C)C)cc1Br. The molecule has 0 spiro atoms. The summed E-state index contributed by atoms with van der Waals surface area (Å²) in [5.41, 5.74) is 1.45. The summed E-state index contributed by atoms with van der Waals surface area (Å²) in [7, 11) is 0. The van der Waals surface area contributed by atoms with E-state index in [-0.39, 0.29) is 30.4 Å². The molecule has 0 aliphatic rings. The first-order chi connectivity index (χ1) is 15.4. The van der Waals surface area contributed by atoms with E-state index in [9.17, 15) is 14.0 Å². The van der Waals surface area contributed by atoms with Gasteiger partial charge in [-0.2, -0.15) is 0 Å². The van der Waals surface area contributed by atoms with Crippen molar-refractivity contribution in [1.82, 2.24) is 10.2 Å². The first-order valence-electron chi connectivity index (χ1n) is 11.1. The molecule has 2 rings (SSSR count). The Morgan fingerprint density at radius 2 is 1.79 bits per heavy atom. The largest absolute Gasteiger partial charge is 0.483 e. The average Bonchev–Trinajstić information content (AvgIpc) is 2.74. The zero-order valence-electron chi connectivity index (χ0n) is 20.2. The van der Waals surface area contributed by atoms with Crippen molar-refractivity contribution in [2.75, 3.05) is 13.2 Å². The minimum Gasteiger partial charge on any atom is -0.483 e. The number of amides is 2. The monoisotopic (exact) mass is 520 g/mol. The fraction of sp³-hybridized carbons (Fsp3) is 0.462. The van der Waals surface area contributed by atoms with Crippen LogP contribution in [0.2, 0.25) is 0 Å². The third kappa shape index (κ3) is 7.84. The molecule has 2 aromatic rings. The summed E-state index contributed by atoms with van der Waals surface area (Å²) in [4.78, 5) is 27.2. The van der Waals surface area contributed by atoms with Gasteiger partial charge in [-0.3, -0.25) is 9.59 Å². The van der Waals surface area contributed by atoms with Crippen molar-refractivity contribution < 1.29 is 18.7 Å². The molecule has 2 aromatic carbocycles. The van der Waals surface area contributed by atoms with Crippen LogP contribution in [0.25, 0.3) is 0 Å².